The summed E-state index contributed by atoms with van der Waals surface area (Å²) in [6.07, 6.45) is 3.80. The number of nitrogens with zero attached hydrogens (tertiary/aromatic N) is 2. The molecule has 2 fully saturated rings. The van der Waals surface area contributed by atoms with Crippen molar-refractivity contribution >= 4 is 33.2 Å². The molecule has 1 N–H and O–H groups in total. The molecule has 1 saturated carbocycles. The Morgan fingerprint density at radius 3 is 2.58 bits per heavy atom. The number of carbonyl (C=O) groups excluding carboxylic acids is 1. The van der Waals surface area contributed by atoms with Crippen LogP contribution >= 0.6 is 11.6 Å². The van der Waals surface area contributed by atoms with Crippen molar-refractivity contribution in [1.29, 1.82) is 0 Å². The maximum absolute atomic E-state index is 12.6. The Morgan fingerprint density at radius 1 is 1.27 bits per heavy atom. The van der Waals surface area contributed by atoms with Gasteiger partial charge in [-0.05, 0) is 55.9 Å². The summed E-state index contributed by atoms with van der Waals surface area (Å²) >= 11 is 5.91. The highest BCUT2D eigenvalue weighted by Gasteiger charge is 2.59. The van der Waals surface area contributed by atoms with Crippen LogP contribution in [0.5, 0.6) is 0 Å². The van der Waals surface area contributed by atoms with Crippen molar-refractivity contribution < 1.29 is 13.2 Å². The molecule has 1 atom stereocenters. The van der Waals surface area contributed by atoms with Gasteiger partial charge >= 0.3 is 0 Å². The number of amides is 1. The van der Waals surface area contributed by atoms with Gasteiger partial charge in [-0.15, -0.1) is 5.10 Å². The van der Waals surface area contributed by atoms with Crippen molar-refractivity contribution in [1.82, 2.24) is 9.78 Å². The topological polar surface area (TPSA) is 81.1 Å². The van der Waals surface area contributed by atoms with Crippen LogP contribution in [-0.2, 0) is 14.6 Å². The number of benzene rings is 1. The van der Waals surface area contributed by atoms with Gasteiger partial charge in [0.15, 0.2) is 5.82 Å². The summed E-state index contributed by atoms with van der Waals surface area (Å²) in [6, 6.07) is 7.30. The maximum Gasteiger partial charge on any atom is 0.229 e. The van der Waals surface area contributed by atoms with Crippen molar-refractivity contribution in [3.8, 4) is 5.69 Å². The molecule has 0 bridgehead atoms. The number of aromatic nitrogens is 2. The van der Waals surface area contributed by atoms with Gasteiger partial charge < -0.3 is 5.32 Å². The van der Waals surface area contributed by atoms with E-state index in [1.54, 1.807) is 16.8 Å². The Hall–Kier alpha value is -1.86. The van der Waals surface area contributed by atoms with Crippen LogP contribution in [0.1, 0.15) is 24.8 Å². The number of nitrogens with one attached hydrogen (secondary N) is 1. The van der Waals surface area contributed by atoms with Crippen LogP contribution < -0.4 is 5.32 Å². The molecule has 4 rings (SSSR count). The highest BCUT2D eigenvalue weighted by Crippen LogP contribution is 2.60. The fourth-order valence-electron chi connectivity index (χ4n) is 3.73. The second-order valence-corrected chi connectivity index (χ2v) is 10.1. The maximum atomic E-state index is 12.6. The van der Waals surface area contributed by atoms with Gasteiger partial charge in [0.2, 0.25) is 5.91 Å². The lowest BCUT2D eigenvalue weighted by Gasteiger charge is -2.22. The van der Waals surface area contributed by atoms with Gasteiger partial charge in [-0.3, -0.25) is 4.79 Å². The Balaban J connectivity index is 1.45. The summed E-state index contributed by atoms with van der Waals surface area (Å²) in [5.41, 5.74) is 1.61. The number of hydrogen-bond acceptors (Lipinski definition) is 4. The molecule has 8 heteroatoms. The smallest absolute Gasteiger partial charge is 0.229 e. The molecular weight excluding hydrogens is 374 g/mol. The molecule has 1 amide bonds. The molecule has 1 aromatic carbocycles. The third kappa shape index (κ3) is 3.25. The van der Waals surface area contributed by atoms with E-state index in [1.165, 1.54) is 0 Å². The summed E-state index contributed by atoms with van der Waals surface area (Å²) in [4.78, 5) is 12.6. The third-order valence-corrected chi connectivity index (χ3v) is 7.46. The highest BCUT2D eigenvalue weighted by atomic mass is 35.5. The first-order valence-electron chi connectivity index (χ1n) is 8.62. The first-order chi connectivity index (χ1) is 12.3. The van der Waals surface area contributed by atoms with Crippen molar-refractivity contribution in [2.75, 3.05) is 16.8 Å². The number of hydrogen-bond donors (Lipinski definition) is 1. The van der Waals surface area contributed by atoms with E-state index < -0.39 is 9.84 Å². The highest BCUT2D eigenvalue weighted by molar-refractivity contribution is 7.91. The molecule has 26 heavy (non-hydrogen) atoms. The van der Waals surface area contributed by atoms with E-state index in [1.807, 2.05) is 25.3 Å². The van der Waals surface area contributed by atoms with Crippen LogP contribution in [0.2, 0.25) is 5.02 Å². The van der Waals surface area contributed by atoms with Gasteiger partial charge in [0.25, 0.3) is 0 Å². The van der Waals surface area contributed by atoms with Crippen molar-refractivity contribution in [2.45, 2.75) is 26.2 Å². The van der Waals surface area contributed by atoms with Gasteiger partial charge in [-0.25, -0.2) is 13.1 Å². The molecule has 2 heterocycles. The zero-order chi connectivity index (χ0) is 18.5. The van der Waals surface area contributed by atoms with Gasteiger partial charge in [-0.2, -0.15) is 0 Å². The fourth-order valence-corrected chi connectivity index (χ4v) is 5.49. The van der Waals surface area contributed by atoms with Gasteiger partial charge in [0, 0.05) is 22.7 Å². The molecule has 0 radical (unpaired) electrons. The number of sulfone groups is 1. The SMILES string of the molecule is Cc1cn(-c2ccc(Cl)cc2)nc1NC(=O)C1CC12CCS(=O)(=O)CC2. The number of rotatable bonds is 3. The van der Waals surface area contributed by atoms with E-state index in [0.29, 0.717) is 23.7 Å². The van der Waals surface area contributed by atoms with E-state index in [9.17, 15) is 13.2 Å². The van der Waals surface area contributed by atoms with Gasteiger partial charge in [-0.1, -0.05) is 11.6 Å². The monoisotopic (exact) mass is 393 g/mol. The molecule has 1 spiro atoms. The van der Waals surface area contributed by atoms with Crippen LogP contribution in [0.4, 0.5) is 5.82 Å². The Kier molecular flexibility index (Phi) is 4.11. The summed E-state index contributed by atoms with van der Waals surface area (Å²) in [7, 11) is -2.92. The van der Waals surface area contributed by atoms with Crippen LogP contribution in [0.3, 0.4) is 0 Å². The standard InChI is InChI=1S/C18H20ClN3O3S/c1-12-11-22(14-4-2-13(19)3-5-14)21-16(12)20-17(23)15-10-18(15)6-8-26(24,25)9-7-18/h2-5,11,15H,6-10H2,1H3,(H,20,21,23). The van der Waals surface area contributed by atoms with Crippen molar-refractivity contribution in [3.63, 3.8) is 0 Å². The predicted octanol–water partition coefficient (Wildman–Crippen LogP) is 2.99. The number of carbonyl (C=O) groups is 1. The number of anilines is 1. The number of halogens is 1. The molecular formula is C18H20ClN3O3S. The summed E-state index contributed by atoms with van der Waals surface area (Å²) < 4.78 is 24.9. The third-order valence-electron chi connectivity index (χ3n) is 5.56. The van der Waals surface area contributed by atoms with E-state index in [2.05, 4.69) is 10.4 Å². The largest absolute Gasteiger partial charge is 0.309 e. The first-order valence-corrected chi connectivity index (χ1v) is 10.8. The zero-order valence-corrected chi connectivity index (χ0v) is 16.0. The summed E-state index contributed by atoms with van der Waals surface area (Å²) in [5, 5.41) is 8.03. The molecule has 1 aliphatic carbocycles. The molecule has 2 aromatic rings. The Labute approximate surface area is 157 Å². The zero-order valence-electron chi connectivity index (χ0n) is 14.4. The summed E-state index contributed by atoms with van der Waals surface area (Å²) in [5.74, 6) is 0.754. The lowest BCUT2D eigenvalue weighted by molar-refractivity contribution is -0.118. The van der Waals surface area contributed by atoms with Crippen LogP contribution in [0.25, 0.3) is 5.69 Å². The van der Waals surface area contributed by atoms with Crippen molar-refractivity contribution in [2.24, 2.45) is 11.3 Å². The molecule has 6 nitrogen and oxygen atoms in total. The molecule has 2 aliphatic rings. The van der Waals surface area contributed by atoms with Gasteiger partial charge in [0.1, 0.15) is 9.84 Å². The molecule has 1 aromatic heterocycles. The fraction of sp³-hybridized carbons (Fsp3) is 0.444. The second kappa shape index (κ2) is 6.09. The second-order valence-electron chi connectivity index (χ2n) is 7.34. The van der Waals surface area contributed by atoms with Gasteiger partial charge in [0.05, 0.1) is 17.2 Å². The van der Waals surface area contributed by atoms with Crippen LogP contribution in [0, 0.1) is 18.3 Å². The molecule has 138 valence electrons. The minimum absolute atomic E-state index is 0.0613. The van der Waals surface area contributed by atoms with E-state index in [4.69, 9.17) is 11.6 Å². The van der Waals surface area contributed by atoms with E-state index in [0.717, 1.165) is 17.7 Å². The quantitative estimate of drug-likeness (QED) is 0.869. The minimum atomic E-state index is -2.92. The first kappa shape index (κ1) is 17.5. The average Bonchev–Trinajstić information content (AvgIpc) is 3.20. The molecule has 1 aliphatic heterocycles. The van der Waals surface area contributed by atoms with E-state index >= 15 is 0 Å². The average molecular weight is 394 g/mol. The molecule has 1 saturated heterocycles. The summed E-state index contributed by atoms with van der Waals surface area (Å²) in [6.45, 7) is 1.89. The minimum Gasteiger partial charge on any atom is -0.309 e. The lowest BCUT2D eigenvalue weighted by Crippen LogP contribution is -2.28. The van der Waals surface area contributed by atoms with E-state index in [-0.39, 0.29) is 28.7 Å². The van der Waals surface area contributed by atoms with Crippen LogP contribution in [0.15, 0.2) is 30.5 Å². The Morgan fingerprint density at radius 2 is 1.92 bits per heavy atom. The normalized spacial score (nSPS) is 22.9. The number of aryl methyl sites for hydroxylation is 1. The Bertz CT molecular complexity index is 952. The van der Waals surface area contributed by atoms with Crippen molar-refractivity contribution in [3.05, 3.63) is 41.0 Å². The molecule has 1 unspecified atom stereocenters. The lowest BCUT2D eigenvalue weighted by atomic mass is 9.96. The predicted molar refractivity (Wildman–Crippen MR) is 100 cm³/mol. The van der Waals surface area contributed by atoms with Crippen LogP contribution in [-0.4, -0.2) is 35.6 Å².